The van der Waals surface area contributed by atoms with Crippen LogP contribution >= 0.6 is 27.5 Å². The minimum absolute atomic E-state index is 0.103. The lowest BCUT2D eigenvalue weighted by molar-refractivity contribution is 0.103. The molecule has 0 aromatic heterocycles. The molecule has 2 nitrogen and oxygen atoms in total. The van der Waals surface area contributed by atoms with Crippen LogP contribution < -0.4 is 4.74 Å². The van der Waals surface area contributed by atoms with Crippen molar-refractivity contribution in [3.63, 3.8) is 0 Å². The Morgan fingerprint density at radius 3 is 2.58 bits per heavy atom. The van der Waals surface area contributed by atoms with Crippen LogP contribution in [0.25, 0.3) is 0 Å². The summed E-state index contributed by atoms with van der Waals surface area (Å²) in [4.78, 5) is 12.2. The van der Waals surface area contributed by atoms with Crippen molar-refractivity contribution in [1.82, 2.24) is 0 Å². The SMILES string of the molecule is COc1ccc(C(=O)c2ccc(Cl)cc2Br)cc1F. The Labute approximate surface area is 123 Å². The number of ketones is 1. The lowest BCUT2D eigenvalue weighted by Crippen LogP contribution is -2.03. The molecule has 2 aromatic rings. The summed E-state index contributed by atoms with van der Waals surface area (Å²) in [7, 11) is 1.37. The summed E-state index contributed by atoms with van der Waals surface area (Å²) in [5, 5.41) is 0.518. The number of rotatable bonds is 3. The van der Waals surface area contributed by atoms with Crippen molar-refractivity contribution in [2.24, 2.45) is 0 Å². The number of carbonyl (C=O) groups is 1. The fourth-order valence-corrected chi connectivity index (χ4v) is 2.50. The molecule has 0 unspecified atom stereocenters. The van der Waals surface area contributed by atoms with Crippen molar-refractivity contribution in [3.8, 4) is 5.75 Å². The van der Waals surface area contributed by atoms with Gasteiger partial charge in [0, 0.05) is 20.6 Å². The second kappa shape index (κ2) is 5.72. The first-order valence-electron chi connectivity index (χ1n) is 5.36. The molecule has 2 rings (SSSR count). The molecular weight excluding hydrogens is 335 g/mol. The van der Waals surface area contributed by atoms with Crippen LogP contribution in [-0.2, 0) is 0 Å². The third kappa shape index (κ3) is 2.96. The second-order valence-corrected chi connectivity index (χ2v) is 5.09. The van der Waals surface area contributed by atoms with Crippen LogP contribution in [-0.4, -0.2) is 12.9 Å². The van der Waals surface area contributed by atoms with E-state index in [1.165, 1.54) is 19.2 Å². The van der Waals surface area contributed by atoms with Crippen molar-refractivity contribution in [2.75, 3.05) is 7.11 Å². The fraction of sp³-hybridized carbons (Fsp3) is 0.0714. The maximum Gasteiger partial charge on any atom is 0.194 e. The summed E-state index contributed by atoms with van der Waals surface area (Å²) in [6.45, 7) is 0. The van der Waals surface area contributed by atoms with E-state index in [0.717, 1.165) is 6.07 Å². The van der Waals surface area contributed by atoms with E-state index in [1.807, 2.05) is 0 Å². The van der Waals surface area contributed by atoms with Gasteiger partial charge in [-0.3, -0.25) is 4.79 Å². The van der Waals surface area contributed by atoms with Crippen molar-refractivity contribution < 1.29 is 13.9 Å². The smallest absolute Gasteiger partial charge is 0.194 e. The Kier molecular flexibility index (Phi) is 4.22. The maximum atomic E-state index is 13.6. The topological polar surface area (TPSA) is 26.3 Å². The molecule has 0 radical (unpaired) electrons. The van der Waals surface area contributed by atoms with Gasteiger partial charge in [-0.1, -0.05) is 11.6 Å². The van der Waals surface area contributed by atoms with Gasteiger partial charge >= 0.3 is 0 Å². The van der Waals surface area contributed by atoms with Gasteiger partial charge in [0.05, 0.1) is 7.11 Å². The first-order chi connectivity index (χ1) is 9.02. The van der Waals surface area contributed by atoms with Crippen LogP contribution in [0.5, 0.6) is 5.75 Å². The van der Waals surface area contributed by atoms with E-state index in [1.54, 1.807) is 18.2 Å². The predicted molar refractivity (Wildman–Crippen MR) is 75.5 cm³/mol. The minimum Gasteiger partial charge on any atom is -0.494 e. The molecule has 5 heteroatoms. The fourth-order valence-electron chi connectivity index (χ4n) is 1.64. The molecule has 19 heavy (non-hydrogen) atoms. The van der Waals surface area contributed by atoms with Gasteiger partial charge in [0.15, 0.2) is 17.3 Å². The van der Waals surface area contributed by atoms with Gasteiger partial charge in [-0.05, 0) is 52.3 Å². The molecule has 0 saturated heterocycles. The minimum atomic E-state index is -0.571. The van der Waals surface area contributed by atoms with Crippen molar-refractivity contribution in [1.29, 1.82) is 0 Å². The number of methoxy groups -OCH3 is 1. The van der Waals surface area contributed by atoms with Crippen LogP contribution in [0.3, 0.4) is 0 Å². The van der Waals surface area contributed by atoms with Crippen molar-refractivity contribution in [2.45, 2.75) is 0 Å². The molecule has 0 spiro atoms. The van der Waals surface area contributed by atoms with Crippen LogP contribution in [0.4, 0.5) is 4.39 Å². The van der Waals surface area contributed by atoms with Crippen LogP contribution in [0.1, 0.15) is 15.9 Å². The van der Waals surface area contributed by atoms with E-state index in [0.29, 0.717) is 15.1 Å². The molecule has 0 heterocycles. The summed E-state index contributed by atoms with van der Waals surface area (Å²) in [5.74, 6) is -0.754. The van der Waals surface area contributed by atoms with E-state index < -0.39 is 5.82 Å². The standard InChI is InChI=1S/C14H9BrClFO2/c1-19-13-5-2-8(6-12(13)17)14(18)10-4-3-9(16)7-11(10)15/h2-7H,1H3. The van der Waals surface area contributed by atoms with Crippen molar-refractivity contribution in [3.05, 3.63) is 62.8 Å². The number of hydrogen-bond acceptors (Lipinski definition) is 2. The molecule has 0 amide bonds. The third-order valence-corrected chi connectivity index (χ3v) is 3.48. The molecule has 0 bridgehead atoms. The number of halogens is 3. The largest absolute Gasteiger partial charge is 0.494 e. The summed E-state index contributed by atoms with van der Waals surface area (Å²) < 4.78 is 19.0. The normalized spacial score (nSPS) is 10.3. The molecule has 0 atom stereocenters. The van der Waals surface area contributed by atoms with Gasteiger partial charge in [0.25, 0.3) is 0 Å². The van der Waals surface area contributed by atoms with Gasteiger partial charge in [-0.2, -0.15) is 0 Å². The average molecular weight is 344 g/mol. The molecule has 2 aromatic carbocycles. The highest BCUT2D eigenvalue weighted by Crippen LogP contribution is 2.25. The average Bonchev–Trinajstić information content (AvgIpc) is 2.38. The highest BCUT2D eigenvalue weighted by Gasteiger charge is 2.15. The van der Waals surface area contributed by atoms with Gasteiger partial charge in [-0.15, -0.1) is 0 Å². The van der Waals surface area contributed by atoms with E-state index in [-0.39, 0.29) is 17.1 Å². The summed E-state index contributed by atoms with van der Waals surface area (Å²) in [6, 6.07) is 8.92. The Bertz CT molecular complexity index is 643. The van der Waals surface area contributed by atoms with E-state index >= 15 is 0 Å². The number of ether oxygens (including phenoxy) is 1. The molecule has 0 aliphatic rings. The number of benzene rings is 2. The van der Waals surface area contributed by atoms with Gasteiger partial charge in [0.2, 0.25) is 0 Å². The summed E-state index contributed by atoms with van der Waals surface area (Å²) in [6.07, 6.45) is 0. The van der Waals surface area contributed by atoms with Gasteiger partial charge in [-0.25, -0.2) is 4.39 Å². The van der Waals surface area contributed by atoms with E-state index in [9.17, 15) is 9.18 Å². The van der Waals surface area contributed by atoms with Crippen molar-refractivity contribution >= 4 is 33.3 Å². The monoisotopic (exact) mass is 342 g/mol. The number of hydrogen-bond donors (Lipinski definition) is 0. The lowest BCUT2D eigenvalue weighted by atomic mass is 10.0. The predicted octanol–water partition coefficient (Wildman–Crippen LogP) is 4.48. The molecule has 0 saturated carbocycles. The Balaban J connectivity index is 2.41. The Hall–Kier alpha value is -1.39. The maximum absolute atomic E-state index is 13.6. The zero-order chi connectivity index (χ0) is 14.0. The van der Waals surface area contributed by atoms with Crippen LogP contribution in [0.15, 0.2) is 40.9 Å². The van der Waals surface area contributed by atoms with Crippen LogP contribution in [0.2, 0.25) is 5.02 Å². The van der Waals surface area contributed by atoms with E-state index in [2.05, 4.69) is 15.9 Å². The zero-order valence-corrected chi connectivity index (χ0v) is 12.3. The first kappa shape index (κ1) is 14.0. The second-order valence-electron chi connectivity index (χ2n) is 3.80. The Morgan fingerprint density at radius 2 is 2.00 bits per heavy atom. The molecule has 98 valence electrons. The summed E-state index contributed by atoms with van der Waals surface area (Å²) >= 11 is 9.08. The molecule has 0 aliphatic carbocycles. The van der Waals surface area contributed by atoms with Gasteiger partial charge < -0.3 is 4.74 Å². The van der Waals surface area contributed by atoms with Crippen LogP contribution in [0, 0.1) is 5.82 Å². The highest BCUT2D eigenvalue weighted by atomic mass is 79.9. The zero-order valence-electron chi connectivity index (χ0n) is 9.91. The third-order valence-electron chi connectivity index (χ3n) is 2.59. The molecule has 0 N–H and O–H groups in total. The quantitative estimate of drug-likeness (QED) is 0.768. The summed E-state index contributed by atoms with van der Waals surface area (Å²) in [5.41, 5.74) is 0.676. The molecular formula is C14H9BrClFO2. The van der Waals surface area contributed by atoms with Gasteiger partial charge in [0.1, 0.15) is 0 Å². The lowest BCUT2D eigenvalue weighted by Gasteiger charge is -2.06. The first-order valence-corrected chi connectivity index (χ1v) is 6.53. The highest BCUT2D eigenvalue weighted by molar-refractivity contribution is 9.10. The molecule has 0 fully saturated rings. The molecule has 0 aliphatic heterocycles. The van der Waals surface area contributed by atoms with E-state index in [4.69, 9.17) is 16.3 Å². The number of carbonyl (C=O) groups excluding carboxylic acids is 1. The Morgan fingerprint density at radius 1 is 1.26 bits per heavy atom.